The van der Waals surface area contributed by atoms with Crippen molar-refractivity contribution in [3.8, 4) is 0 Å². The number of thiophene rings is 1. The average Bonchev–Trinajstić information content (AvgIpc) is 2.64. The van der Waals surface area contributed by atoms with Gasteiger partial charge in [0.05, 0.1) is 6.04 Å². The molecule has 0 radical (unpaired) electrons. The Balaban J connectivity index is 2.51. The Morgan fingerprint density at radius 3 is 2.39 bits per heavy atom. The van der Waals surface area contributed by atoms with Crippen molar-refractivity contribution < 1.29 is 0 Å². The molecule has 0 saturated carbocycles. The molecule has 0 spiro atoms. The van der Waals surface area contributed by atoms with Crippen LogP contribution in [0, 0.1) is 13.8 Å². The predicted molar refractivity (Wildman–Crippen MR) is 86.5 cm³/mol. The van der Waals surface area contributed by atoms with E-state index in [2.05, 4.69) is 75.3 Å². The van der Waals surface area contributed by atoms with E-state index >= 15 is 0 Å². The van der Waals surface area contributed by atoms with Gasteiger partial charge in [0.2, 0.25) is 0 Å². The van der Waals surface area contributed by atoms with Crippen molar-refractivity contribution in [2.45, 2.75) is 19.9 Å². The van der Waals surface area contributed by atoms with Crippen LogP contribution in [0.1, 0.15) is 26.9 Å². The van der Waals surface area contributed by atoms with Crippen molar-refractivity contribution in [2.24, 2.45) is 0 Å². The van der Waals surface area contributed by atoms with Crippen LogP contribution in [-0.2, 0) is 0 Å². The van der Waals surface area contributed by atoms with Gasteiger partial charge in [0.1, 0.15) is 0 Å². The average molecular weight is 389 g/mol. The van der Waals surface area contributed by atoms with E-state index in [1.54, 1.807) is 0 Å². The zero-order chi connectivity index (χ0) is 13.3. The Hall–Kier alpha value is -0.160. The van der Waals surface area contributed by atoms with Crippen LogP contribution in [0.25, 0.3) is 0 Å². The Kier molecular flexibility index (Phi) is 4.64. The highest BCUT2D eigenvalue weighted by atomic mass is 79.9. The van der Waals surface area contributed by atoms with Gasteiger partial charge < -0.3 is 5.32 Å². The lowest BCUT2D eigenvalue weighted by Gasteiger charge is -2.18. The summed E-state index contributed by atoms with van der Waals surface area (Å²) in [6.07, 6.45) is 0. The molecule has 0 amide bonds. The first-order valence-corrected chi connectivity index (χ1v) is 8.12. The fourth-order valence-electron chi connectivity index (χ4n) is 2.01. The van der Waals surface area contributed by atoms with Gasteiger partial charge in [-0.2, -0.15) is 0 Å². The summed E-state index contributed by atoms with van der Waals surface area (Å²) in [5.41, 5.74) is 2.55. The van der Waals surface area contributed by atoms with Crippen LogP contribution in [0.5, 0.6) is 0 Å². The number of hydrogen-bond acceptors (Lipinski definition) is 2. The minimum atomic E-state index is 0.215. The van der Waals surface area contributed by atoms with Gasteiger partial charge in [0.25, 0.3) is 0 Å². The topological polar surface area (TPSA) is 12.0 Å². The van der Waals surface area contributed by atoms with Crippen LogP contribution in [0.3, 0.4) is 0 Å². The smallest absolute Gasteiger partial charge is 0.0691 e. The first-order valence-electron chi connectivity index (χ1n) is 5.72. The SMILES string of the molecule is CNC(c1cc(C)ccc1Br)c1sc(C)cc1Br. The van der Waals surface area contributed by atoms with Crippen molar-refractivity contribution in [1.29, 1.82) is 0 Å². The van der Waals surface area contributed by atoms with Crippen LogP contribution in [-0.4, -0.2) is 7.05 Å². The van der Waals surface area contributed by atoms with Crippen LogP contribution in [0.4, 0.5) is 0 Å². The van der Waals surface area contributed by atoms with Gasteiger partial charge in [0.15, 0.2) is 0 Å². The minimum Gasteiger partial charge on any atom is -0.309 e. The molecular formula is C14H15Br2NS. The molecule has 1 nitrogen and oxygen atoms in total. The molecule has 0 bridgehead atoms. The molecule has 1 N–H and O–H groups in total. The maximum Gasteiger partial charge on any atom is 0.0691 e. The lowest BCUT2D eigenvalue weighted by molar-refractivity contribution is 0.698. The van der Waals surface area contributed by atoms with Crippen LogP contribution in [0.2, 0.25) is 0 Å². The van der Waals surface area contributed by atoms with E-state index < -0.39 is 0 Å². The van der Waals surface area contributed by atoms with Gasteiger partial charge in [-0.1, -0.05) is 33.6 Å². The molecule has 18 heavy (non-hydrogen) atoms. The summed E-state index contributed by atoms with van der Waals surface area (Å²) < 4.78 is 2.32. The number of rotatable bonds is 3. The zero-order valence-electron chi connectivity index (χ0n) is 10.6. The number of hydrogen-bond donors (Lipinski definition) is 1. The molecular weight excluding hydrogens is 374 g/mol. The first kappa shape index (κ1) is 14.3. The summed E-state index contributed by atoms with van der Waals surface area (Å²) in [6, 6.07) is 8.85. The van der Waals surface area contributed by atoms with Crippen LogP contribution < -0.4 is 5.32 Å². The van der Waals surface area contributed by atoms with Gasteiger partial charge >= 0.3 is 0 Å². The third-order valence-electron chi connectivity index (χ3n) is 2.85. The monoisotopic (exact) mass is 387 g/mol. The van der Waals surface area contributed by atoms with E-state index in [1.807, 2.05) is 18.4 Å². The standard InChI is InChI=1S/C14H15Br2NS/c1-8-4-5-11(15)10(6-8)13(17-3)14-12(16)7-9(2)18-14/h4-7,13,17H,1-3H3. The highest BCUT2D eigenvalue weighted by Crippen LogP contribution is 2.37. The number of aryl methyl sites for hydroxylation is 2. The molecule has 0 aliphatic rings. The van der Waals surface area contributed by atoms with E-state index in [4.69, 9.17) is 0 Å². The highest BCUT2D eigenvalue weighted by Gasteiger charge is 2.19. The van der Waals surface area contributed by atoms with Gasteiger partial charge in [-0.25, -0.2) is 0 Å². The number of benzene rings is 1. The summed E-state index contributed by atoms with van der Waals surface area (Å²) in [5.74, 6) is 0. The summed E-state index contributed by atoms with van der Waals surface area (Å²) in [4.78, 5) is 2.64. The lowest BCUT2D eigenvalue weighted by Crippen LogP contribution is -2.17. The van der Waals surface area contributed by atoms with Crippen molar-refractivity contribution in [2.75, 3.05) is 7.05 Å². The van der Waals surface area contributed by atoms with Crippen molar-refractivity contribution >= 4 is 43.2 Å². The summed E-state index contributed by atoms with van der Waals surface area (Å²) >= 11 is 9.13. The molecule has 96 valence electrons. The molecule has 1 heterocycles. The van der Waals surface area contributed by atoms with Crippen LogP contribution >= 0.6 is 43.2 Å². The molecule has 2 rings (SSSR count). The largest absolute Gasteiger partial charge is 0.309 e. The first-order chi connectivity index (χ1) is 8.52. The Morgan fingerprint density at radius 2 is 1.83 bits per heavy atom. The molecule has 0 fully saturated rings. The van der Waals surface area contributed by atoms with Gasteiger partial charge in [-0.05, 0) is 54.5 Å². The van der Waals surface area contributed by atoms with Crippen molar-refractivity contribution in [1.82, 2.24) is 5.32 Å². The van der Waals surface area contributed by atoms with E-state index in [0.717, 1.165) is 4.47 Å². The fourth-order valence-corrected chi connectivity index (χ4v) is 4.50. The molecule has 0 aliphatic heterocycles. The second-order valence-electron chi connectivity index (χ2n) is 4.32. The Bertz CT molecular complexity index is 563. The molecule has 0 aliphatic carbocycles. The summed E-state index contributed by atoms with van der Waals surface area (Å²) in [6.45, 7) is 4.26. The third kappa shape index (κ3) is 2.87. The molecule has 2 aromatic rings. The second-order valence-corrected chi connectivity index (χ2v) is 7.31. The second kappa shape index (κ2) is 5.87. The molecule has 1 aromatic carbocycles. The fraction of sp³-hybridized carbons (Fsp3) is 0.286. The maximum atomic E-state index is 3.65. The van der Waals surface area contributed by atoms with Crippen molar-refractivity contribution in [3.63, 3.8) is 0 Å². The molecule has 1 unspecified atom stereocenters. The van der Waals surface area contributed by atoms with E-state index in [9.17, 15) is 0 Å². The molecule has 0 saturated heterocycles. The summed E-state index contributed by atoms with van der Waals surface area (Å²) in [5, 5.41) is 3.41. The minimum absolute atomic E-state index is 0.215. The van der Waals surface area contributed by atoms with E-state index in [1.165, 1.54) is 25.4 Å². The Morgan fingerprint density at radius 1 is 1.11 bits per heavy atom. The zero-order valence-corrected chi connectivity index (χ0v) is 14.5. The molecule has 1 aromatic heterocycles. The molecule has 1 atom stereocenters. The third-order valence-corrected chi connectivity index (χ3v) is 5.61. The van der Waals surface area contributed by atoms with Crippen LogP contribution in [0.15, 0.2) is 33.2 Å². The number of nitrogens with one attached hydrogen (secondary N) is 1. The lowest BCUT2D eigenvalue weighted by atomic mass is 10.0. The molecule has 4 heteroatoms. The van der Waals surface area contributed by atoms with Gasteiger partial charge in [0, 0.05) is 18.7 Å². The maximum absolute atomic E-state index is 3.65. The van der Waals surface area contributed by atoms with Gasteiger partial charge in [-0.15, -0.1) is 11.3 Å². The quantitative estimate of drug-likeness (QED) is 0.761. The summed E-state index contributed by atoms with van der Waals surface area (Å²) in [7, 11) is 2.00. The predicted octanol–water partition coefficient (Wildman–Crippen LogP) is 5.20. The van der Waals surface area contributed by atoms with E-state index in [0.29, 0.717) is 0 Å². The van der Waals surface area contributed by atoms with Gasteiger partial charge in [-0.3, -0.25) is 0 Å². The van der Waals surface area contributed by atoms with Crippen molar-refractivity contribution in [3.05, 3.63) is 54.1 Å². The Labute approximate surface area is 129 Å². The van der Waals surface area contributed by atoms with E-state index in [-0.39, 0.29) is 6.04 Å². The number of halogens is 2. The normalized spacial score (nSPS) is 12.7. The highest BCUT2D eigenvalue weighted by molar-refractivity contribution is 9.10.